The summed E-state index contributed by atoms with van der Waals surface area (Å²) in [6.45, 7) is 3.83. The number of carbonyl (C=O) groups is 2. The van der Waals surface area contributed by atoms with E-state index in [9.17, 15) is 18.0 Å². The SMILES string of the molecule is CCCCNC(=O)C(C)N(Cc1ccccc1)C(=O)CN(c1ccc(Oc2ccccc2)cc1)S(=O)(=O)c1ccccc1. The zero-order valence-corrected chi connectivity index (χ0v) is 25.2. The van der Waals surface area contributed by atoms with Crippen molar-refractivity contribution in [2.24, 2.45) is 0 Å². The maximum atomic E-state index is 14.0. The average molecular weight is 600 g/mol. The lowest BCUT2D eigenvalue weighted by molar-refractivity contribution is -0.139. The van der Waals surface area contributed by atoms with Crippen LogP contribution in [0.15, 0.2) is 120 Å². The van der Waals surface area contributed by atoms with Crippen LogP contribution in [0.3, 0.4) is 0 Å². The van der Waals surface area contributed by atoms with Gasteiger partial charge < -0.3 is 15.0 Å². The Morgan fingerprint density at radius 2 is 1.35 bits per heavy atom. The number of nitrogens with zero attached hydrogens (tertiary/aromatic N) is 2. The smallest absolute Gasteiger partial charge is 0.264 e. The summed E-state index contributed by atoms with van der Waals surface area (Å²) in [5, 5.41) is 2.89. The first-order valence-electron chi connectivity index (χ1n) is 14.3. The summed E-state index contributed by atoms with van der Waals surface area (Å²) in [5.41, 5.74) is 1.11. The van der Waals surface area contributed by atoms with E-state index in [4.69, 9.17) is 4.74 Å². The maximum Gasteiger partial charge on any atom is 0.264 e. The van der Waals surface area contributed by atoms with Gasteiger partial charge >= 0.3 is 0 Å². The molecule has 0 radical (unpaired) electrons. The lowest BCUT2D eigenvalue weighted by atomic mass is 10.1. The molecule has 0 saturated heterocycles. The summed E-state index contributed by atoms with van der Waals surface area (Å²) in [4.78, 5) is 28.5. The summed E-state index contributed by atoms with van der Waals surface area (Å²) < 4.78 is 34.9. The number of benzene rings is 4. The highest BCUT2D eigenvalue weighted by Gasteiger charge is 2.32. The standard InChI is InChI=1S/C34H37N3O5S/c1-3-4-24-35-34(39)27(2)36(25-28-14-8-5-9-15-28)33(38)26-37(43(40,41)32-18-12-7-13-19-32)29-20-22-31(23-21-29)42-30-16-10-6-11-17-30/h5-23,27H,3-4,24-26H2,1-2H3,(H,35,39). The van der Waals surface area contributed by atoms with Crippen LogP contribution in [0.4, 0.5) is 5.69 Å². The van der Waals surface area contributed by atoms with Crippen LogP contribution < -0.4 is 14.4 Å². The molecule has 0 fully saturated rings. The molecule has 224 valence electrons. The minimum absolute atomic E-state index is 0.0485. The van der Waals surface area contributed by atoms with E-state index in [2.05, 4.69) is 5.32 Å². The minimum atomic E-state index is -4.15. The molecule has 9 heteroatoms. The molecule has 4 rings (SSSR count). The van der Waals surface area contributed by atoms with Gasteiger partial charge in [-0.05, 0) is 67.4 Å². The molecule has 0 aromatic heterocycles. The van der Waals surface area contributed by atoms with Crippen LogP contribution in [0.2, 0.25) is 0 Å². The van der Waals surface area contributed by atoms with Crippen LogP contribution in [-0.4, -0.2) is 44.3 Å². The number of unbranched alkanes of at least 4 members (excludes halogenated alkanes) is 1. The van der Waals surface area contributed by atoms with Crippen molar-refractivity contribution >= 4 is 27.5 Å². The van der Waals surface area contributed by atoms with E-state index in [0.717, 1.165) is 22.7 Å². The number of hydrogen-bond acceptors (Lipinski definition) is 5. The van der Waals surface area contributed by atoms with Gasteiger partial charge in [0.2, 0.25) is 11.8 Å². The van der Waals surface area contributed by atoms with Gasteiger partial charge in [-0.3, -0.25) is 13.9 Å². The first kappa shape index (κ1) is 31.3. The largest absolute Gasteiger partial charge is 0.457 e. The van der Waals surface area contributed by atoms with Crippen LogP contribution >= 0.6 is 0 Å². The number of sulfonamides is 1. The number of amides is 2. The van der Waals surface area contributed by atoms with E-state index in [1.807, 2.05) is 67.6 Å². The van der Waals surface area contributed by atoms with Gasteiger partial charge in [0.1, 0.15) is 24.1 Å². The molecule has 1 unspecified atom stereocenters. The third-order valence-corrected chi connectivity index (χ3v) is 8.69. The van der Waals surface area contributed by atoms with Gasteiger partial charge in [-0.15, -0.1) is 0 Å². The fourth-order valence-corrected chi connectivity index (χ4v) is 5.89. The fourth-order valence-electron chi connectivity index (χ4n) is 4.45. The van der Waals surface area contributed by atoms with Crippen LogP contribution in [-0.2, 0) is 26.2 Å². The van der Waals surface area contributed by atoms with Crippen molar-refractivity contribution in [1.82, 2.24) is 10.2 Å². The van der Waals surface area contributed by atoms with Crippen LogP contribution in [0.1, 0.15) is 32.3 Å². The Balaban J connectivity index is 1.66. The zero-order valence-electron chi connectivity index (χ0n) is 24.4. The van der Waals surface area contributed by atoms with E-state index in [0.29, 0.717) is 18.0 Å². The molecule has 0 bridgehead atoms. The minimum Gasteiger partial charge on any atom is -0.457 e. The molecule has 0 heterocycles. The third-order valence-electron chi connectivity index (χ3n) is 6.91. The molecule has 0 aliphatic carbocycles. The fraction of sp³-hybridized carbons (Fsp3) is 0.235. The summed E-state index contributed by atoms with van der Waals surface area (Å²) in [7, 11) is -4.15. The molecule has 4 aromatic rings. The summed E-state index contributed by atoms with van der Waals surface area (Å²) in [6.07, 6.45) is 1.74. The first-order chi connectivity index (χ1) is 20.8. The Labute approximate surface area is 254 Å². The van der Waals surface area contributed by atoms with E-state index >= 15 is 0 Å². The van der Waals surface area contributed by atoms with Crippen molar-refractivity contribution in [2.75, 3.05) is 17.4 Å². The molecule has 8 nitrogen and oxygen atoms in total. The lowest BCUT2D eigenvalue weighted by Crippen LogP contribution is -2.51. The van der Waals surface area contributed by atoms with Crippen LogP contribution in [0, 0.1) is 0 Å². The number of hydrogen-bond donors (Lipinski definition) is 1. The highest BCUT2D eigenvalue weighted by Crippen LogP contribution is 2.28. The van der Waals surface area contributed by atoms with Gasteiger partial charge in [-0.2, -0.15) is 0 Å². The normalized spacial score (nSPS) is 11.8. The second-order valence-electron chi connectivity index (χ2n) is 10.1. The van der Waals surface area contributed by atoms with Gasteiger partial charge in [-0.25, -0.2) is 8.42 Å². The van der Waals surface area contributed by atoms with Crippen LogP contribution in [0.25, 0.3) is 0 Å². The van der Waals surface area contributed by atoms with Gasteiger partial charge in [-0.1, -0.05) is 80.1 Å². The molecule has 1 N–H and O–H groups in total. The first-order valence-corrected chi connectivity index (χ1v) is 15.8. The number of para-hydroxylation sites is 1. The summed E-state index contributed by atoms with van der Waals surface area (Å²) >= 11 is 0. The molecule has 0 saturated carbocycles. The van der Waals surface area contributed by atoms with Gasteiger partial charge in [0.05, 0.1) is 10.6 Å². The predicted molar refractivity (Wildman–Crippen MR) is 168 cm³/mol. The van der Waals surface area contributed by atoms with Crippen molar-refractivity contribution in [3.8, 4) is 11.5 Å². The number of anilines is 1. The number of ether oxygens (including phenoxy) is 1. The number of carbonyl (C=O) groups excluding carboxylic acids is 2. The van der Waals surface area contributed by atoms with E-state index in [1.165, 1.54) is 17.0 Å². The molecule has 43 heavy (non-hydrogen) atoms. The number of nitrogens with one attached hydrogen (secondary N) is 1. The van der Waals surface area contributed by atoms with Gasteiger partial charge in [0, 0.05) is 13.1 Å². The molecule has 0 aliphatic heterocycles. The molecular weight excluding hydrogens is 562 g/mol. The third kappa shape index (κ3) is 8.45. The monoisotopic (exact) mass is 599 g/mol. The highest BCUT2D eigenvalue weighted by atomic mass is 32.2. The Bertz CT molecular complexity index is 1570. The van der Waals surface area contributed by atoms with Crippen molar-refractivity contribution in [3.63, 3.8) is 0 Å². The quantitative estimate of drug-likeness (QED) is 0.179. The Kier molecular flexibility index (Phi) is 10.9. The van der Waals surface area contributed by atoms with Crippen LogP contribution in [0.5, 0.6) is 11.5 Å². The number of rotatable bonds is 14. The second-order valence-corrected chi connectivity index (χ2v) is 11.9. The summed E-state index contributed by atoms with van der Waals surface area (Å²) in [5.74, 6) is 0.354. The molecule has 0 spiro atoms. The van der Waals surface area contributed by atoms with Gasteiger partial charge in [0.15, 0.2) is 0 Å². The van der Waals surface area contributed by atoms with Crippen molar-refractivity contribution < 1.29 is 22.7 Å². The Morgan fingerprint density at radius 1 is 0.791 bits per heavy atom. The Morgan fingerprint density at radius 3 is 1.95 bits per heavy atom. The average Bonchev–Trinajstić information content (AvgIpc) is 3.04. The highest BCUT2D eigenvalue weighted by molar-refractivity contribution is 7.92. The molecule has 0 aliphatic rings. The molecule has 4 aromatic carbocycles. The zero-order chi connectivity index (χ0) is 30.7. The Hall–Kier alpha value is -4.63. The van der Waals surface area contributed by atoms with Crippen molar-refractivity contribution in [3.05, 3.63) is 121 Å². The predicted octanol–water partition coefficient (Wildman–Crippen LogP) is 6.01. The molecule has 2 amide bonds. The van der Waals surface area contributed by atoms with Crippen molar-refractivity contribution in [1.29, 1.82) is 0 Å². The van der Waals surface area contributed by atoms with E-state index in [-0.39, 0.29) is 23.0 Å². The van der Waals surface area contributed by atoms with E-state index < -0.39 is 28.5 Å². The molecular formula is C34H37N3O5S. The topological polar surface area (TPSA) is 96.0 Å². The maximum absolute atomic E-state index is 14.0. The van der Waals surface area contributed by atoms with Crippen molar-refractivity contribution in [2.45, 2.75) is 44.2 Å². The molecule has 1 atom stereocenters. The second kappa shape index (κ2) is 15.0. The van der Waals surface area contributed by atoms with Gasteiger partial charge in [0.25, 0.3) is 10.0 Å². The van der Waals surface area contributed by atoms with E-state index in [1.54, 1.807) is 49.4 Å². The lowest BCUT2D eigenvalue weighted by Gasteiger charge is -2.32. The summed E-state index contributed by atoms with van der Waals surface area (Å²) in [6, 6.07) is 32.2.